The molecule has 21 heavy (non-hydrogen) atoms. The molecule has 2 unspecified atom stereocenters. The lowest BCUT2D eigenvalue weighted by Crippen LogP contribution is -2.31. The summed E-state index contributed by atoms with van der Waals surface area (Å²) in [7, 11) is 0. The van der Waals surface area contributed by atoms with Crippen molar-refractivity contribution in [2.45, 2.75) is 39.5 Å². The van der Waals surface area contributed by atoms with Crippen LogP contribution < -0.4 is 0 Å². The molecule has 2 atom stereocenters. The quantitative estimate of drug-likeness (QED) is 0.431. The summed E-state index contributed by atoms with van der Waals surface area (Å²) < 4.78 is 4.84. The molecule has 0 radical (unpaired) electrons. The number of ether oxygens (including phenoxy) is 1. The number of carboxylic acid groups (broad SMARTS) is 1. The third kappa shape index (κ3) is 5.98. The van der Waals surface area contributed by atoms with Crippen molar-refractivity contribution in [1.82, 2.24) is 0 Å². The summed E-state index contributed by atoms with van der Waals surface area (Å²) in [6.45, 7) is 3.70. The van der Waals surface area contributed by atoms with E-state index in [-0.39, 0.29) is 12.5 Å². The van der Waals surface area contributed by atoms with Gasteiger partial charge in [-0.1, -0.05) is 43.7 Å². The maximum Gasteiger partial charge on any atom is 0.320 e. The molecule has 116 valence electrons. The van der Waals surface area contributed by atoms with Crippen molar-refractivity contribution in [3.8, 4) is 0 Å². The van der Waals surface area contributed by atoms with E-state index in [0.717, 1.165) is 19.3 Å². The minimum Gasteiger partial charge on any atom is -0.481 e. The molecule has 0 saturated carbocycles. The molecule has 0 aliphatic heterocycles. The average Bonchev–Trinajstić information content (AvgIpc) is 2.45. The predicted molar refractivity (Wildman–Crippen MR) is 80.9 cm³/mol. The predicted octanol–water partition coefficient (Wildman–Crippen LogP) is 3.30. The van der Waals surface area contributed by atoms with Gasteiger partial charge in [-0.25, -0.2) is 0 Å². The van der Waals surface area contributed by atoms with Crippen LogP contribution in [0.5, 0.6) is 0 Å². The highest BCUT2D eigenvalue weighted by Gasteiger charge is 2.32. The third-order valence-electron chi connectivity index (χ3n) is 3.59. The van der Waals surface area contributed by atoms with Crippen molar-refractivity contribution < 1.29 is 19.4 Å². The fourth-order valence-electron chi connectivity index (χ4n) is 2.42. The smallest absolute Gasteiger partial charge is 0.320 e. The molecule has 0 bridgehead atoms. The zero-order valence-electron chi connectivity index (χ0n) is 12.7. The number of aryl methyl sites for hydroxylation is 1. The number of unbranched alkanes of at least 4 members (excludes halogenated alkanes) is 1. The summed E-state index contributed by atoms with van der Waals surface area (Å²) in [4.78, 5) is 22.9. The second kappa shape index (κ2) is 9.16. The number of carboxylic acids is 1. The van der Waals surface area contributed by atoms with E-state index in [1.807, 2.05) is 18.2 Å². The summed E-state index contributed by atoms with van der Waals surface area (Å²) in [5.74, 6) is -2.98. The summed E-state index contributed by atoms with van der Waals surface area (Å²) in [6.07, 6.45) is 3.58. The number of carbonyl (C=O) groups is 2. The van der Waals surface area contributed by atoms with Crippen LogP contribution in [-0.4, -0.2) is 23.7 Å². The van der Waals surface area contributed by atoms with Gasteiger partial charge in [-0.15, -0.1) is 0 Å². The van der Waals surface area contributed by atoms with Gasteiger partial charge in [0.15, 0.2) is 5.92 Å². The molecule has 0 spiro atoms. The number of benzene rings is 1. The van der Waals surface area contributed by atoms with Crippen LogP contribution in [0.25, 0.3) is 0 Å². The number of hydrogen-bond donors (Lipinski definition) is 1. The normalized spacial score (nSPS) is 13.4. The minimum atomic E-state index is -1.09. The van der Waals surface area contributed by atoms with Crippen molar-refractivity contribution in [2.75, 3.05) is 6.61 Å². The summed E-state index contributed by atoms with van der Waals surface area (Å²) >= 11 is 0. The first-order chi connectivity index (χ1) is 10.1. The van der Waals surface area contributed by atoms with Gasteiger partial charge in [-0.3, -0.25) is 9.59 Å². The highest BCUT2D eigenvalue weighted by molar-refractivity contribution is 5.94. The van der Waals surface area contributed by atoms with Gasteiger partial charge in [0, 0.05) is 0 Å². The first kappa shape index (κ1) is 17.2. The van der Waals surface area contributed by atoms with E-state index in [2.05, 4.69) is 12.1 Å². The Morgan fingerprint density at radius 3 is 2.43 bits per heavy atom. The molecule has 0 aliphatic rings. The molecule has 0 saturated heterocycles. The Hall–Kier alpha value is -1.84. The average molecular weight is 292 g/mol. The minimum absolute atomic E-state index is 0.211. The van der Waals surface area contributed by atoms with Crippen LogP contribution in [-0.2, 0) is 20.7 Å². The van der Waals surface area contributed by atoms with E-state index in [9.17, 15) is 14.7 Å². The monoisotopic (exact) mass is 292 g/mol. The summed E-state index contributed by atoms with van der Waals surface area (Å²) in [6, 6.07) is 10.2. The Morgan fingerprint density at radius 1 is 1.19 bits per heavy atom. The maximum atomic E-state index is 11.7. The van der Waals surface area contributed by atoms with Gasteiger partial charge in [-0.2, -0.15) is 0 Å². The van der Waals surface area contributed by atoms with E-state index in [1.54, 1.807) is 13.8 Å². The highest BCUT2D eigenvalue weighted by atomic mass is 16.5. The van der Waals surface area contributed by atoms with Crippen LogP contribution in [0, 0.1) is 11.8 Å². The van der Waals surface area contributed by atoms with Gasteiger partial charge in [0.25, 0.3) is 0 Å². The zero-order chi connectivity index (χ0) is 15.7. The molecule has 1 aromatic rings. The third-order valence-corrected chi connectivity index (χ3v) is 3.59. The Labute approximate surface area is 126 Å². The molecule has 0 amide bonds. The zero-order valence-corrected chi connectivity index (χ0v) is 12.7. The van der Waals surface area contributed by atoms with E-state index in [4.69, 9.17) is 4.74 Å². The van der Waals surface area contributed by atoms with Gasteiger partial charge in [0.1, 0.15) is 0 Å². The van der Waals surface area contributed by atoms with Crippen molar-refractivity contribution >= 4 is 11.9 Å². The molecular formula is C17H24O4. The van der Waals surface area contributed by atoms with Crippen LogP contribution >= 0.6 is 0 Å². The molecule has 1 rings (SSSR count). The van der Waals surface area contributed by atoms with Gasteiger partial charge in [0.05, 0.1) is 6.61 Å². The first-order valence-corrected chi connectivity index (χ1v) is 7.49. The molecular weight excluding hydrogens is 268 g/mol. The van der Waals surface area contributed by atoms with Gasteiger partial charge < -0.3 is 9.84 Å². The molecule has 4 heteroatoms. The molecule has 0 heterocycles. The van der Waals surface area contributed by atoms with Crippen molar-refractivity contribution in [2.24, 2.45) is 11.8 Å². The SMILES string of the molecule is CCOC(=O)C(C(=O)O)C(C)CCCCc1ccccc1. The van der Waals surface area contributed by atoms with Gasteiger partial charge >= 0.3 is 11.9 Å². The fourth-order valence-corrected chi connectivity index (χ4v) is 2.42. The second-order valence-electron chi connectivity index (χ2n) is 5.28. The molecule has 0 aliphatic carbocycles. The van der Waals surface area contributed by atoms with E-state index < -0.39 is 17.9 Å². The lowest BCUT2D eigenvalue weighted by Gasteiger charge is -2.18. The summed E-state index contributed by atoms with van der Waals surface area (Å²) in [5, 5.41) is 9.17. The lowest BCUT2D eigenvalue weighted by molar-refractivity contribution is -0.160. The summed E-state index contributed by atoms with van der Waals surface area (Å²) in [5.41, 5.74) is 1.28. The molecule has 1 N–H and O–H groups in total. The van der Waals surface area contributed by atoms with Crippen LogP contribution in [0.15, 0.2) is 30.3 Å². The van der Waals surface area contributed by atoms with E-state index >= 15 is 0 Å². The standard InChI is InChI=1S/C17H24O4/c1-3-21-17(20)15(16(18)19)13(2)9-7-8-12-14-10-5-4-6-11-14/h4-6,10-11,13,15H,3,7-9,12H2,1-2H3,(H,18,19). The number of aliphatic carboxylic acids is 1. The van der Waals surface area contributed by atoms with Crippen LogP contribution in [0.3, 0.4) is 0 Å². The largest absolute Gasteiger partial charge is 0.481 e. The first-order valence-electron chi connectivity index (χ1n) is 7.49. The molecule has 0 aromatic heterocycles. The van der Waals surface area contributed by atoms with E-state index in [0.29, 0.717) is 6.42 Å². The van der Waals surface area contributed by atoms with Crippen LogP contribution in [0.4, 0.5) is 0 Å². The highest BCUT2D eigenvalue weighted by Crippen LogP contribution is 2.21. The number of rotatable bonds is 9. The van der Waals surface area contributed by atoms with Crippen molar-refractivity contribution in [1.29, 1.82) is 0 Å². The Balaban J connectivity index is 2.38. The van der Waals surface area contributed by atoms with Crippen LogP contribution in [0.1, 0.15) is 38.7 Å². The molecule has 0 fully saturated rings. The lowest BCUT2D eigenvalue weighted by atomic mass is 9.89. The van der Waals surface area contributed by atoms with Crippen molar-refractivity contribution in [3.05, 3.63) is 35.9 Å². The van der Waals surface area contributed by atoms with E-state index in [1.165, 1.54) is 5.56 Å². The second-order valence-corrected chi connectivity index (χ2v) is 5.28. The number of carbonyl (C=O) groups excluding carboxylic acids is 1. The Morgan fingerprint density at radius 2 is 1.86 bits per heavy atom. The van der Waals surface area contributed by atoms with Crippen molar-refractivity contribution in [3.63, 3.8) is 0 Å². The topological polar surface area (TPSA) is 63.6 Å². The number of hydrogen-bond acceptors (Lipinski definition) is 3. The van der Waals surface area contributed by atoms with Gasteiger partial charge in [-0.05, 0) is 37.7 Å². The Kier molecular flexibility index (Phi) is 7.51. The molecule has 4 nitrogen and oxygen atoms in total. The fraction of sp³-hybridized carbons (Fsp3) is 0.529. The Bertz CT molecular complexity index is 441. The maximum absolute atomic E-state index is 11.7. The number of esters is 1. The van der Waals surface area contributed by atoms with Crippen LogP contribution in [0.2, 0.25) is 0 Å². The van der Waals surface area contributed by atoms with Gasteiger partial charge in [0.2, 0.25) is 0 Å². The molecule has 1 aromatic carbocycles.